The summed E-state index contributed by atoms with van der Waals surface area (Å²) in [7, 11) is 1.52. The Morgan fingerprint density at radius 3 is 2.36 bits per heavy atom. The summed E-state index contributed by atoms with van der Waals surface area (Å²) in [6.07, 6.45) is 0. The van der Waals surface area contributed by atoms with Crippen LogP contribution in [0.2, 0.25) is 0 Å². The Bertz CT molecular complexity index is 1250. The molecule has 1 saturated heterocycles. The average Bonchev–Trinajstić information content (AvgIpc) is 3.33. The van der Waals surface area contributed by atoms with Gasteiger partial charge in [-0.1, -0.05) is 62.3 Å². The number of nitrogens with zero attached hydrogens (tertiary/aromatic N) is 2. The van der Waals surface area contributed by atoms with Crippen molar-refractivity contribution in [3.8, 4) is 5.75 Å². The van der Waals surface area contributed by atoms with Crippen molar-refractivity contribution in [3.63, 3.8) is 0 Å². The molecule has 170 valence electrons. The van der Waals surface area contributed by atoms with E-state index < -0.39 is 17.7 Å². The Morgan fingerprint density at radius 2 is 1.79 bits per heavy atom. The second kappa shape index (κ2) is 8.24. The minimum Gasteiger partial charge on any atom is -0.507 e. The van der Waals surface area contributed by atoms with Gasteiger partial charge in [-0.05, 0) is 35.6 Å². The lowest BCUT2D eigenvalue weighted by Crippen LogP contribution is -2.29. The van der Waals surface area contributed by atoms with Crippen molar-refractivity contribution in [2.24, 2.45) is 0 Å². The van der Waals surface area contributed by atoms with Gasteiger partial charge in [-0.15, -0.1) is 0 Å². The number of ketones is 1. The van der Waals surface area contributed by atoms with Gasteiger partial charge in [0, 0.05) is 11.6 Å². The quantitative estimate of drug-likeness (QED) is 0.348. The largest absolute Gasteiger partial charge is 0.507 e. The van der Waals surface area contributed by atoms with E-state index in [0.717, 1.165) is 5.56 Å². The van der Waals surface area contributed by atoms with Crippen molar-refractivity contribution in [3.05, 3.63) is 82.6 Å². The van der Waals surface area contributed by atoms with Crippen LogP contribution in [0, 0.1) is 6.92 Å². The van der Waals surface area contributed by atoms with Crippen LogP contribution in [0.3, 0.4) is 0 Å². The number of hydrogen-bond acceptors (Lipinski definition) is 6. The Hall–Kier alpha value is -3.87. The third-order valence-corrected chi connectivity index (χ3v) is 5.74. The molecule has 1 atom stereocenters. The summed E-state index contributed by atoms with van der Waals surface area (Å²) in [4.78, 5) is 27.6. The number of amides is 1. The number of benzene rings is 2. The van der Waals surface area contributed by atoms with Gasteiger partial charge < -0.3 is 14.4 Å². The van der Waals surface area contributed by atoms with Gasteiger partial charge in [-0.3, -0.25) is 14.5 Å². The SMILES string of the molecule is COc1cccc(C(O)=C2C(=O)C(=O)N(c3cc(C)on3)[C@@H]2c2ccc(C(C)(C)C)cc2)c1. The smallest absolute Gasteiger partial charge is 0.301 e. The molecule has 0 saturated carbocycles. The molecule has 7 heteroatoms. The molecule has 0 radical (unpaired) electrons. The molecule has 7 nitrogen and oxygen atoms in total. The van der Waals surface area contributed by atoms with Crippen LogP contribution in [0.25, 0.3) is 5.76 Å². The molecule has 1 aromatic heterocycles. The van der Waals surface area contributed by atoms with Crippen molar-refractivity contribution in [1.82, 2.24) is 5.16 Å². The summed E-state index contributed by atoms with van der Waals surface area (Å²) in [5.74, 6) is -0.615. The fourth-order valence-electron chi connectivity index (χ4n) is 3.94. The normalized spacial score (nSPS) is 18.1. The first-order valence-electron chi connectivity index (χ1n) is 10.6. The predicted molar refractivity (Wildman–Crippen MR) is 124 cm³/mol. The zero-order valence-electron chi connectivity index (χ0n) is 19.2. The molecular formula is C26H26N2O5. The van der Waals surface area contributed by atoms with Crippen LogP contribution in [-0.2, 0) is 15.0 Å². The molecule has 3 aromatic rings. The third-order valence-electron chi connectivity index (χ3n) is 5.74. The van der Waals surface area contributed by atoms with Crippen LogP contribution in [0.5, 0.6) is 5.75 Å². The number of aryl methyl sites for hydroxylation is 1. The van der Waals surface area contributed by atoms with E-state index in [1.165, 1.54) is 12.0 Å². The first-order valence-corrected chi connectivity index (χ1v) is 10.6. The molecule has 0 bridgehead atoms. The van der Waals surface area contributed by atoms with Crippen LogP contribution >= 0.6 is 0 Å². The number of anilines is 1. The van der Waals surface area contributed by atoms with Crippen LogP contribution in [0.1, 0.15) is 49.3 Å². The maximum Gasteiger partial charge on any atom is 0.301 e. The number of methoxy groups -OCH3 is 1. The first-order chi connectivity index (χ1) is 15.6. The summed E-state index contributed by atoms with van der Waals surface area (Å²) in [5, 5.41) is 15.2. The van der Waals surface area contributed by atoms with Gasteiger partial charge in [0.25, 0.3) is 5.78 Å². The Balaban J connectivity index is 1.92. The Kier molecular flexibility index (Phi) is 5.57. The molecule has 2 heterocycles. The van der Waals surface area contributed by atoms with Crippen molar-refractivity contribution < 1.29 is 24.0 Å². The van der Waals surface area contributed by atoms with Crippen LogP contribution in [0.15, 0.2) is 64.7 Å². The molecule has 1 aliphatic rings. The fourth-order valence-corrected chi connectivity index (χ4v) is 3.94. The van der Waals surface area contributed by atoms with Gasteiger partial charge >= 0.3 is 5.91 Å². The van der Waals surface area contributed by atoms with Crippen LogP contribution < -0.4 is 9.64 Å². The standard InChI is InChI=1S/C26H26N2O5/c1-15-13-20(27-33-15)28-22(16-9-11-18(12-10-16)26(2,3)4)21(24(30)25(28)31)23(29)17-7-6-8-19(14-17)32-5/h6-14,22,29H,1-5H3/t22-/m1/s1. The topological polar surface area (TPSA) is 92.9 Å². The van der Waals surface area contributed by atoms with E-state index in [1.54, 1.807) is 37.3 Å². The first kappa shape index (κ1) is 22.3. The number of rotatable bonds is 4. The summed E-state index contributed by atoms with van der Waals surface area (Å²) < 4.78 is 10.4. The monoisotopic (exact) mass is 446 g/mol. The van der Waals surface area contributed by atoms with Gasteiger partial charge in [-0.2, -0.15) is 0 Å². The van der Waals surface area contributed by atoms with Crippen LogP contribution in [-0.4, -0.2) is 29.1 Å². The van der Waals surface area contributed by atoms with Crippen molar-refractivity contribution in [2.45, 2.75) is 39.2 Å². The molecule has 1 amide bonds. The van der Waals surface area contributed by atoms with Crippen molar-refractivity contribution >= 4 is 23.3 Å². The predicted octanol–water partition coefficient (Wildman–Crippen LogP) is 4.92. The van der Waals surface area contributed by atoms with Gasteiger partial charge in [0.2, 0.25) is 0 Å². The van der Waals surface area contributed by atoms with Gasteiger partial charge in [-0.25, -0.2) is 0 Å². The van der Waals surface area contributed by atoms with Crippen molar-refractivity contribution in [1.29, 1.82) is 0 Å². The number of carbonyl (C=O) groups is 2. The third kappa shape index (κ3) is 4.02. The van der Waals surface area contributed by atoms with Crippen molar-refractivity contribution in [2.75, 3.05) is 12.0 Å². The highest BCUT2D eigenvalue weighted by molar-refractivity contribution is 6.51. The Morgan fingerprint density at radius 1 is 1.09 bits per heavy atom. The number of hydrogen-bond donors (Lipinski definition) is 1. The molecule has 1 aliphatic heterocycles. The van der Waals surface area contributed by atoms with Gasteiger partial charge in [0.15, 0.2) is 5.82 Å². The molecule has 0 aliphatic carbocycles. The van der Waals surface area contributed by atoms with E-state index in [0.29, 0.717) is 22.6 Å². The molecule has 0 spiro atoms. The van der Waals surface area contributed by atoms with E-state index in [2.05, 4.69) is 25.9 Å². The number of Topliss-reactive ketones (excluding diaryl/α,β-unsaturated/α-hetero) is 1. The van der Waals surface area contributed by atoms with E-state index in [4.69, 9.17) is 9.26 Å². The fraction of sp³-hybridized carbons (Fsp3) is 0.269. The molecule has 33 heavy (non-hydrogen) atoms. The Labute approximate surface area is 192 Å². The molecule has 1 N–H and O–H groups in total. The maximum absolute atomic E-state index is 13.2. The summed E-state index contributed by atoms with van der Waals surface area (Å²) in [5.41, 5.74) is 2.07. The van der Waals surface area contributed by atoms with E-state index >= 15 is 0 Å². The summed E-state index contributed by atoms with van der Waals surface area (Å²) in [6, 6.07) is 15.1. The van der Waals surface area contributed by atoms with E-state index in [-0.39, 0.29) is 22.6 Å². The zero-order chi connectivity index (χ0) is 23.9. The highest BCUT2D eigenvalue weighted by atomic mass is 16.5. The zero-order valence-corrected chi connectivity index (χ0v) is 19.2. The van der Waals surface area contributed by atoms with E-state index in [9.17, 15) is 14.7 Å². The number of carbonyl (C=O) groups excluding carboxylic acids is 2. The van der Waals surface area contributed by atoms with E-state index in [1.807, 2.05) is 24.3 Å². The average molecular weight is 447 g/mol. The molecule has 1 fully saturated rings. The molecule has 2 aromatic carbocycles. The number of ether oxygens (including phenoxy) is 1. The van der Waals surface area contributed by atoms with Gasteiger partial charge in [0.05, 0.1) is 18.7 Å². The lowest BCUT2D eigenvalue weighted by atomic mass is 9.85. The molecule has 4 rings (SSSR count). The minimum absolute atomic E-state index is 0.0163. The minimum atomic E-state index is -0.866. The van der Waals surface area contributed by atoms with Gasteiger partial charge in [0.1, 0.15) is 17.3 Å². The highest BCUT2D eigenvalue weighted by Crippen LogP contribution is 2.42. The molecule has 0 unspecified atom stereocenters. The number of aliphatic hydroxyl groups excluding tert-OH is 1. The lowest BCUT2D eigenvalue weighted by Gasteiger charge is -2.24. The number of aromatic nitrogens is 1. The highest BCUT2D eigenvalue weighted by Gasteiger charge is 2.48. The summed E-state index contributed by atoms with van der Waals surface area (Å²) in [6.45, 7) is 8.02. The second-order valence-corrected chi connectivity index (χ2v) is 9.07. The summed E-state index contributed by atoms with van der Waals surface area (Å²) >= 11 is 0. The van der Waals surface area contributed by atoms with Crippen LogP contribution in [0.4, 0.5) is 5.82 Å². The second-order valence-electron chi connectivity index (χ2n) is 9.07. The maximum atomic E-state index is 13.2. The number of aliphatic hydroxyl groups is 1. The lowest BCUT2D eigenvalue weighted by molar-refractivity contribution is -0.132. The molecular weight excluding hydrogens is 420 g/mol.